The van der Waals surface area contributed by atoms with Gasteiger partial charge in [-0.1, -0.05) is 18.2 Å². The lowest BCUT2D eigenvalue weighted by atomic mass is 10.1. The third kappa shape index (κ3) is 1.64. The van der Waals surface area contributed by atoms with E-state index in [-0.39, 0.29) is 0 Å². The van der Waals surface area contributed by atoms with E-state index >= 15 is 0 Å². The molecule has 3 heteroatoms. The van der Waals surface area contributed by atoms with Gasteiger partial charge in [-0.2, -0.15) is 0 Å². The second-order valence-corrected chi connectivity index (χ2v) is 3.87. The van der Waals surface area contributed by atoms with Crippen LogP contribution in [0.1, 0.15) is 5.56 Å². The normalized spacial score (nSPS) is 16.8. The Labute approximate surface area is 88.0 Å². The minimum Gasteiger partial charge on any atom is -0.464 e. The van der Waals surface area contributed by atoms with Crippen LogP contribution >= 0.6 is 0 Å². The topological polar surface area (TPSA) is 34.4 Å². The third-order valence-corrected chi connectivity index (χ3v) is 2.78. The first-order valence-corrected chi connectivity index (χ1v) is 5.20. The Morgan fingerprint density at radius 2 is 2.13 bits per heavy atom. The van der Waals surface area contributed by atoms with Gasteiger partial charge in [0, 0.05) is 17.5 Å². The SMILES string of the molecule is c1ccc2c(CNC3COC3)coc2c1. The predicted molar refractivity (Wildman–Crippen MR) is 57.7 cm³/mol. The van der Waals surface area contributed by atoms with Gasteiger partial charge in [-0.3, -0.25) is 0 Å². The molecule has 1 aromatic carbocycles. The summed E-state index contributed by atoms with van der Waals surface area (Å²) in [5, 5.41) is 4.63. The predicted octanol–water partition coefficient (Wildman–Crippen LogP) is 1.92. The summed E-state index contributed by atoms with van der Waals surface area (Å²) >= 11 is 0. The molecule has 1 N–H and O–H groups in total. The molecule has 0 aliphatic carbocycles. The molecule has 0 amide bonds. The Hall–Kier alpha value is -1.32. The van der Waals surface area contributed by atoms with Gasteiger partial charge in [-0.25, -0.2) is 0 Å². The van der Waals surface area contributed by atoms with Gasteiger partial charge in [-0.05, 0) is 6.07 Å². The number of fused-ring (bicyclic) bond motifs is 1. The Kier molecular flexibility index (Phi) is 2.19. The van der Waals surface area contributed by atoms with Crippen molar-refractivity contribution in [2.75, 3.05) is 13.2 Å². The highest BCUT2D eigenvalue weighted by Gasteiger charge is 2.17. The van der Waals surface area contributed by atoms with Gasteiger partial charge in [0.15, 0.2) is 0 Å². The van der Waals surface area contributed by atoms with Crippen molar-refractivity contribution in [3.63, 3.8) is 0 Å². The molecule has 3 rings (SSSR count). The summed E-state index contributed by atoms with van der Waals surface area (Å²) < 4.78 is 10.6. The van der Waals surface area contributed by atoms with E-state index in [1.807, 2.05) is 24.5 Å². The maximum absolute atomic E-state index is 5.46. The zero-order valence-electron chi connectivity index (χ0n) is 8.40. The molecule has 0 saturated carbocycles. The molecule has 15 heavy (non-hydrogen) atoms. The molecule has 0 atom stereocenters. The van der Waals surface area contributed by atoms with Crippen molar-refractivity contribution in [1.29, 1.82) is 0 Å². The highest BCUT2D eigenvalue weighted by atomic mass is 16.5. The monoisotopic (exact) mass is 203 g/mol. The van der Waals surface area contributed by atoms with E-state index in [1.54, 1.807) is 0 Å². The van der Waals surface area contributed by atoms with Crippen LogP contribution in [0.2, 0.25) is 0 Å². The number of rotatable bonds is 3. The Balaban J connectivity index is 1.78. The molecule has 78 valence electrons. The number of nitrogens with one attached hydrogen (secondary N) is 1. The van der Waals surface area contributed by atoms with Gasteiger partial charge in [-0.15, -0.1) is 0 Å². The molecule has 2 heterocycles. The fourth-order valence-electron chi connectivity index (χ4n) is 1.78. The molecule has 0 bridgehead atoms. The smallest absolute Gasteiger partial charge is 0.134 e. The molecule has 1 saturated heterocycles. The molecule has 1 aliphatic heterocycles. The number of furan rings is 1. The number of hydrogen-bond donors (Lipinski definition) is 1. The van der Waals surface area contributed by atoms with E-state index in [1.165, 1.54) is 10.9 Å². The zero-order chi connectivity index (χ0) is 10.1. The van der Waals surface area contributed by atoms with E-state index in [0.717, 1.165) is 25.3 Å². The van der Waals surface area contributed by atoms with Crippen LogP contribution in [0.4, 0.5) is 0 Å². The average molecular weight is 203 g/mol. The maximum Gasteiger partial charge on any atom is 0.134 e. The van der Waals surface area contributed by atoms with Crippen LogP contribution in [0.25, 0.3) is 11.0 Å². The van der Waals surface area contributed by atoms with E-state index in [4.69, 9.17) is 9.15 Å². The van der Waals surface area contributed by atoms with Crippen LogP contribution in [0.5, 0.6) is 0 Å². The first-order chi connectivity index (χ1) is 7.43. The molecule has 0 spiro atoms. The van der Waals surface area contributed by atoms with Crippen LogP contribution in [-0.4, -0.2) is 19.3 Å². The molecule has 0 radical (unpaired) electrons. The lowest BCUT2D eigenvalue weighted by molar-refractivity contribution is -0.00576. The van der Waals surface area contributed by atoms with Crippen molar-refractivity contribution in [3.05, 3.63) is 36.1 Å². The molecule has 1 aromatic heterocycles. The number of hydrogen-bond acceptors (Lipinski definition) is 3. The first-order valence-electron chi connectivity index (χ1n) is 5.20. The van der Waals surface area contributed by atoms with Crippen LogP contribution in [0.15, 0.2) is 34.9 Å². The van der Waals surface area contributed by atoms with Crippen molar-refractivity contribution >= 4 is 11.0 Å². The minimum atomic E-state index is 0.513. The first kappa shape index (κ1) is 8.95. The van der Waals surface area contributed by atoms with Crippen molar-refractivity contribution in [3.8, 4) is 0 Å². The maximum atomic E-state index is 5.46. The Morgan fingerprint density at radius 3 is 2.93 bits per heavy atom. The molecule has 2 aromatic rings. The van der Waals surface area contributed by atoms with E-state index in [9.17, 15) is 0 Å². The minimum absolute atomic E-state index is 0.513. The highest BCUT2D eigenvalue weighted by Crippen LogP contribution is 2.20. The molecule has 1 aliphatic rings. The summed E-state index contributed by atoms with van der Waals surface area (Å²) in [4.78, 5) is 0. The summed E-state index contributed by atoms with van der Waals surface area (Å²) in [5.74, 6) is 0. The summed E-state index contributed by atoms with van der Waals surface area (Å²) in [7, 11) is 0. The number of para-hydroxylation sites is 1. The molecule has 0 unspecified atom stereocenters. The van der Waals surface area contributed by atoms with Crippen LogP contribution in [0.3, 0.4) is 0 Å². The van der Waals surface area contributed by atoms with Crippen molar-refractivity contribution in [2.45, 2.75) is 12.6 Å². The second kappa shape index (κ2) is 3.68. The number of benzene rings is 1. The van der Waals surface area contributed by atoms with Crippen molar-refractivity contribution < 1.29 is 9.15 Å². The fraction of sp³-hybridized carbons (Fsp3) is 0.333. The summed E-state index contributed by atoms with van der Waals surface area (Å²) in [5.41, 5.74) is 2.18. The quantitative estimate of drug-likeness (QED) is 0.827. The lowest BCUT2D eigenvalue weighted by Crippen LogP contribution is -2.45. The van der Waals surface area contributed by atoms with E-state index in [0.29, 0.717) is 6.04 Å². The van der Waals surface area contributed by atoms with E-state index < -0.39 is 0 Å². The largest absolute Gasteiger partial charge is 0.464 e. The zero-order valence-corrected chi connectivity index (χ0v) is 8.40. The van der Waals surface area contributed by atoms with Gasteiger partial charge in [0.05, 0.1) is 25.5 Å². The summed E-state index contributed by atoms with van der Waals surface area (Å²) in [6.07, 6.45) is 1.83. The molecular weight excluding hydrogens is 190 g/mol. The molecular formula is C12H13NO2. The molecule has 1 fully saturated rings. The van der Waals surface area contributed by atoms with Gasteiger partial charge in [0.1, 0.15) is 5.58 Å². The standard InChI is InChI=1S/C12H13NO2/c1-2-4-12-11(3-1)9(6-15-12)5-13-10-7-14-8-10/h1-4,6,10,13H,5,7-8H2. The van der Waals surface area contributed by atoms with Crippen molar-refractivity contribution in [1.82, 2.24) is 5.32 Å². The van der Waals surface area contributed by atoms with Gasteiger partial charge in [0.25, 0.3) is 0 Å². The van der Waals surface area contributed by atoms with Crippen LogP contribution in [-0.2, 0) is 11.3 Å². The summed E-state index contributed by atoms with van der Waals surface area (Å²) in [6.45, 7) is 2.51. The van der Waals surface area contributed by atoms with Crippen LogP contribution < -0.4 is 5.32 Å². The van der Waals surface area contributed by atoms with E-state index in [2.05, 4.69) is 11.4 Å². The average Bonchev–Trinajstić information content (AvgIpc) is 2.60. The van der Waals surface area contributed by atoms with Crippen molar-refractivity contribution in [2.24, 2.45) is 0 Å². The third-order valence-electron chi connectivity index (χ3n) is 2.78. The number of ether oxygens (including phenoxy) is 1. The Bertz CT molecular complexity index is 459. The molecule has 3 nitrogen and oxygen atoms in total. The van der Waals surface area contributed by atoms with Gasteiger partial charge >= 0.3 is 0 Å². The summed E-state index contributed by atoms with van der Waals surface area (Å²) in [6, 6.07) is 8.62. The fourth-order valence-corrected chi connectivity index (χ4v) is 1.78. The Morgan fingerprint density at radius 1 is 1.27 bits per heavy atom. The second-order valence-electron chi connectivity index (χ2n) is 3.87. The van der Waals surface area contributed by atoms with Gasteiger partial charge in [0.2, 0.25) is 0 Å². The van der Waals surface area contributed by atoms with Crippen LogP contribution in [0, 0.1) is 0 Å². The van der Waals surface area contributed by atoms with Gasteiger partial charge < -0.3 is 14.5 Å². The lowest BCUT2D eigenvalue weighted by Gasteiger charge is -2.26. The highest BCUT2D eigenvalue weighted by molar-refractivity contribution is 5.80.